The van der Waals surface area contributed by atoms with Gasteiger partial charge >= 0.3 is 0 Å². The number of nitrogens with zero attached hydrogens (tertiary/aromatic N) is 5. The topological polar surface area (TPSA) is 55.4 Å². The van der Waals surface area contributed by atoms with E-state index < -0.39 is 0 Å². The number of aromatic nitrogens is 3. The third-order valence-corrected chi connectivity index (χ3v) is 4.13. The molecule has 0 amide bonds. The Morgan fingerprint density at radius 3 is 2.75 bits per heavy atom. The largest absolute Gasteiger partial charge is 0.217 e. The van der Waals surface area contributed by atoms with Gasteiger partial charge in [0.15, 0.2) is 0 Å². The summed E-state index contributed by atoms with van der Waals surface area (Å²) in [6, 6.07) is 1.64. The van der Waals surface area contributed by atoms with Gasteiger partial charge in [-0.3, -0.25) is 0 Å². The number of hydrogen-bond acceptors (Lipinski definition) is 4. The summed E-state index contributed by atoms with van der Waals surface area (Å²) in [5, 5.41) is 9.13. The van der Waals surface area contributed by atoms with Crippen molar-refractivity contribution in [2.45, 2.75) is 12.8 Å². The van der Waals surface area contributed by atoms with Gasteiger partial charge in [0.2, 0.25) is 0 Å². The Balaban J connectivity index is 2.05. The summed E-state index contributed by atoms with van der Waals surface area (Å²) in [6.07, 6.45) is 3.44. The van der Waals surface area contributed by atoms with Crippen LogP contribution in [0.15, 0.2) is 21.0 Å². The Morgan fingerprint density at radius 2 is 1.95 bits per heavy atom. The van der Waals surface area contributed by atoms with E-state index in [1.54, 1.807) is 10.7 Å². The summed E-state index contributed by atoms with van der Waals surface area (Å²) in [5.41, 5.74) is 2.74. The molecule has 0 unspecified atom stereocenters. The van der Waals surface area contributed by atoms with Gasteiger partial charge < -0.3 is 0 Å². The highest BCUT2D eigenvalue weighted by molar-refractivity contribution is 7.58. The van der Waals surface area contributed by atoms with Gasteiger partial charge in [-0.2, -0.15) is 8.73 Å². The highest BCUT2D eigenvalue weighted by atomic mass is 35.5. The second-order valence-electron chi connectivity index (χ2n) is 4.10. The maximum Gasteiger partial charge on any atom is 0.133 e. The van der Waals surface area contributed by atoms with Crippen molar-refractivity contribution in [3.8, 4) is 5.69 Å². The number of fused-ring (bicyclic) bond motifs is 1. The molecule has 5 nitrogen and oxygen atoms in total. The van der Waals surface area contributed by atoms with Crippen LogP contribution in [0, 0.1) is 0 Å². The molecule has 1 aromatic heterocycles. The van der Waals surface area contributed by atoms with Crippen molar-refractivity contribution in [3.63, 3.8) is 0 Å². The van der Waals surface area contributed by atoms with Crippen LogP contribution >= 0.6 is 34.8 Å². The molecule has 0 atom stereocenters. The van der Waals surface area contributed by atoms with Crippen LogP contribution in [-0.2, 0) is 17.8 Å². The molecule has 2 heterocycles. The van der Waals surface area contributed by atoms with E-state index in [-0.39, 0.29) is 0 Å². The normalized spacial score (nSPS) is 12.6. The lowest BCUT2D eigenvalue weighted by Gasteiger charge is -2.08. The van der Waals surface area contributed by atoms with Gasteiger partial charge in [0, 0.05) is 5.88 Å². The van der Waals surface area contributed by atoms with Crippen LogP contribution in [0.3, 0.4) is 0 Å². The summed E-state index contributed by atoms with van der Waals surface area (Å²) in [5.74, 6) is 0.592. The molecule has 2 aromatic rings. The minimum Gasteiger partial charge on any atom is -0.217 e. The Kier molecular flexibility index (Phi) is 4.07. The fourth-order valence-electron chi connectivity index (χ4n) is 1.85. The maximum absolute atomic E-state index is 6.26. The number of halogens is 3. The zero-order valence-electron chi connectivity index (χ0n) is 10.1. The van der Waals surface area contributed by atoms with E-state index >= 15 is 0 Å². The highest BCUT2D eigenvalue weighted by Gasteiger charge is 2.21. The van der Waals surface area contributed by atoms with Crippen LogP contribution in [0.1, 0.15) is 12.1 Å². The number of aryl methyl sites for hydroxylation is 1. The summed E-state index contributed by atoms with van der Waals surface area (Å²) in [4.78, 5) is 0. The third kappa shape index (κ3) is 2.48. The van der Waals surface area contributed by atoms with Crippen molar-refractivity contribution in [1.29, 1.82) is 0 Å². The summed E-state index contributed by atoms with van der Waals surface area (Å²) < 4.78 is 10.0. The molecule has 0 radical (unpaired) electrons. The monoisotopic (exact) mass is 347 g/mol. The molecule has 0 bridgehead atoms. The Morgan fingerprint density at radius 1 is 1.15 bits per heavy atom. The van der Waals surface area contributed by atoms with Gasteiger partial charge in [0.05, 0.1) is 33.3 Å². The minimum atomic E-state index is 0.462. The smallest absolute Gasteiger partial charge is 0.133 e. The average Bonchev–Trinajstić information content (AvgIpc) is 3.05. The number of alkyl halides is 1. The first kappa shape index (κ1) is 14.0. The summed E-state index contributed by atoms with van der Waals surface area (Å²) in [7, 11) is 0. The third-order valence-electron chi connectivity index (χ3n) is 2.76. The first-order valence-corrected chi connectivity index (χ1v) is 7.80. The standard InChI is InChI=1S/C11H8Cl3N5S/c12-3-1-2-6-5-19(18-15-6)11-8(14)4-7(13)9-10(11)17-20-16-9/h4-5H,1-3H2. The van der Waals surface area contributed by atoms with Crippen LogP contribution in [0.4, 0.5) is 11.4 Å². The quantitative estimate of drug-likeness (QED) is 0.653. The first-order valence-electron chi connectivity index (χ1n) is 5.78. The van der Waals surface area contributed by atoms with Crippen molar-refractivity contribution in [3.05, 3.63) is 28.0 Å². The zero-order chi connectivity index (χ0) is 14.1. The molecule has 20 heavy (non-hydrogen) atoms. The van der Waals surface area contributed by atoms with Crippen molar-refractivity contribution in [2.24, 2.45) is 8.73 Å². The van der Waals surface area contributed by atoms with Gasteiger partial charge in [0.1, 0.15) is 17.1 Å². The molecule has 1 aromatic carbocycles. The van der Waals surface area contributed by atoms with Crippen LogP contribution in [0.5, 0.6) is 0 Å². The Bertz CT molecular complexity index is 736. The van der Waals surface area contributed by atoms with Gasteiger partial charge in [-0.05, 0) is 18.9 Å². The molecule has 3 rings (SSSR count). The summed E-state index contributed by atoms with van der Waals surface area (Å²) in [6.45, 7) is 0. The van der Waals surface area contributed by atoms with Gasteiger partial charge in [-0.15, -0.1) is 16.7 Å². The fraction of sp³-hybridized carbons (Fsp3) is 0.273. The molecule has 0 saturated heterocycles. The van der Waals surface area contributed by atoms with E-state index in [0.717, 1.165) is 29.9 Å². The van der Waals surface area contributed by atoms with E-state index in [2.05, 4.69) is 19.0 Å². The molecule has 9 heteroatoms. The van der Waals surface area contributed by atoms with E-state index in [1.165, 1.54) is 0 Å². The summed E-state index contributed by atoms with van der Waals surface area (Å²) >= 11 is 19.1. The van der Waals surface area contributed by atoms with E-state index in [9.17, 15) is 0 Å². The molecule has 1 aliphatic heterocycles. The second kappa shape index (κ2) is 5.81. The van der Waals surface area contributed by atoms with Crippen molar-refractivity contribution in [1.82, 2.24) is 15.0 Å². The zero-order valence-corrected chi connectivity index (χ0v) is 13.1. The molecule has 0 fully saturated rings. The Hall–Kier alpha value is -0.950. The maximum atomic E-state index is 6.26. The van der Waals surface area contributed by atoms with Crippen molar-refractivity contribution in [2.75, 3.05) is 5.88 Å². The van der Waals surface area contributed by atoms with Crippen LogP contribution < -0.4 is 0 Å². The number of benzene rings is 1. The predicted octanol–water partition coefficient (Wildman–Crippen LogP) is 4.47. The van der Waals surface area contributed by atoms with Crippen molar-refractivity contribution < 1.29 is 0 Å². The van der Waals surface area contributed by atoms with E-state index in [1.807, 2.05) is 6.20 Å². The first-order chi connectivity index (χ1) is 9.70. The molecule has 0 saturated carbocycles. The molecule has 0 aliphatic carbocycles. The number of rotatable bonds is 4. The molecule has 1 aliphatic rings. The predicted molar refractivity (Wildman–Crippen MR) is 82.0 cm³/mol. The lowest BCUT2D eigenvalue weighted by molar-refractivity contribution is 0.793. The van der Waals surface area contributed by atoms with E-state index in [0.29, 0.717) is 33.0 Å². The molecule has 104 valence electrons. The molecular formula is C11H8Cl3N5S. The fourth-order valence-corrected chi connectivity index (χ4v) is 3.18. The van der Waals surface area contributed by atoms with Crippen LogP contribution in [-0.4, -0.2) is 20.9 Å². The lowest BCUT2D eigenvalue weighted by Crippen LogP contribution is -1.96. The lowest BCUT2D eigenvalue weighted by atomic mass is 10.2. The second-order valence-corrected chi connectivity index (χ2v) is 5.82. The minimum absolute atomic E-state index is 0.462. The SMILES string of the molecule is ClCCCc1cn(-c2c(Cl)cc(Cl)c3c2N=S=N3)nn1. The average molecular weight is 349 g/mol. The molecular weight excluding hydrogens is 341 g/mol. The van der Waals surface area contributed by atoms with Crippen molar-refractivity contribution >= 4 is 57.5 Å². The highest BCUT2D eigenvalue weighted by Crippen LogP contribution is 2.45. The van der Waals surface area contributed by atoms with Crippen LogP contribution in [0.25, 0.3) is 5.69 Å². The van der Waals surface area contributed by atoms with Gasteiger partial charge in [-0.1, -0.05) is 28.4 Å². The van der Waals surface area contributed by atoms with Gasteiger partial charge in [-0.25, -0.2) is 4.68 Å². The van der Waals surface area contributed by atoms with Gasteiger partial charge in [0.25, 0.3) is 0 Å². The Labute approximate surface area is 133 Å². The van der Waals surface area contributed by atoms with Crippen LogP contribution in [0.2, 0.25) is 10.0 Å². The van der Waals surface area contributed by atoms with E-state index in [4.69, 9.17) is 34.8 Å². The molecule has 0 spiro atoms. The number of hydrogen-bond donors (Lipinski definition) is 0. The molecule has 0 N–H and O–H groups in total.